The number of carboxylic acids is 1. The van der Waals surface area contributed by atoms with E-state index in [0.717, 1.165) is 18.4 Å². The molecule has 2 heterocycles. The smallest absolute Gasteiger partial charge is 0.309 e. The molecule has 0 aliphatic carbocycles. The SMILES string of the molecule is CCCCCC(CC(=O)C(NC(=O)CNC(=O)CCCC(=O)O)C(C)C)C(=O)N1CCCC1C(=O)N1CCCC1C(=O)CC(CCCN/C(N)=N\[N+](=O)[O-])C(=O)OCc1ccccc1. The summed E-state index contributed by atoms with van der Waals surface area (Å²) in [5.41, 5.74) is 6.28. The Labute approximate surface area is 374 Å². The Hall–Kier alpha value is -5.95. The maximum atomic E-state index is 14.4. The van der Waals surface area contributed by atoms with Crippen LogP contribution in [0.25, 0.3) is 0 Å². The fraction of sp³-hybridized carbons (Fsp3) is 0.659. The van der Waals surface area contributed by atoms with Crippen molar-refractivity contribution in [2.75, 3.05) is 26.2 Å². The number of ketones is 2. The third kappa shape index (κ3) is 17.7. The van der Waals surface area contributed by atoms with Crippen LogP contribution in [0.15, 0.2) is 35.4 Å². The third-order valence-electron chi connectivity index (χ3n) is 11.5. The van der Waals surface area contributed by atoms with Crippen LogP contribution in [0.5, 0.6) is 0 Å². The highest BCUT2D eigenvalue weighted by atomic mass is 16.7. The van der Waals surface area contributed by atoms with Crippen LogP contribution in [0, 0.1) is 27.9 Å². The highest BCUT2D eigenvalue weighted by molar-refractivity contribution is 5.97. The number of ether oxygens (including phenoxy) is 1. The zero-order valence-electron chi connectivity index (χ0n) is 37.3. The molecule has 0 saturated carbocycles. The van der Waals surface area contributed by atoms with Crippen LogP contribution >= 0.6 is 0 Å². The number of rotatable bonds is 28. The Morgan fingerprint density at radius 1 is 0.875 bits per heavy atom. The number of nitrogens with zero attached hydrogens (tertiary/aromatic N) is 4. The van der Waals surface area contributed by atoms with E-state index in [0.29, 0.717) is 44.9 Å². The summed E-state index contributed by atoms with van der Waals surface area (Å²) in [6, 6.07) is 6.39. The minimum absolute atomic E-state index is 0.0130. The van der Waals surface area contributed by atoms with Gasteiger partial charge in [-0.25, -0.2) is 10.1 Å². The topological polar surface area (TPSA) is 290 Å². The number of unbranched alkanes of at least 4 members (excludes halogenated alkanes) is 2. The van der Waals surface area contributed by atoms with Crippen LogP contribution in [-0.2, 0) is 49.7 Å². The van der Waals surface area contributed by atoms with E-state index in [1.807, 2.05) is 13.0 Å². The van der Waals surface area contributed by atoms with Gasteiger partial charge in [-0.1, -0.05) is 70.4 Å². The van der Waals surface area contributed by atoms with Gasteiger partial charge in [-0.05, 0) is 62.8 Å². The monoisotopic (exact) mass is 898 g/mol. The van der Waals surface area contributed by atoms with Gasteiger partial charge < -0.3 is 41.3 Å². The number of amides is 4. The molecule has 20 heteroatoms. The number of carbonyl (C=O) groups is 8. The summed E-state index contributed by atoms with van der Waals surface area (Å²) in [6.45, 7) is 5.81. The van der Waals surface area contributed by atoms with Crippen LogP contribution in [0.2, 0.25) is 0 Å². The van der Waals surface area contributed by atoms with Crippen molar-refractivity contribution in [1.82, 2.24) is 25.8 Å². The van der Waals surface area contributed by atoms with Crippen molar-refractivity contribution in [2.45, 2.75) is 142 Å². The van der Waals surface area contributed by atoms with E-state index in [9.17, 15) is 48.5 Å². The molecule has 1 aromatic rings. The van der Waals surface area contributed by atoms with Crippen molar-refractivity contribution in [1.29, 1.82) is 0 Å². The molecular weight excluding hydrogens is 833 g/mol. The summed E-state index contributed by atoms with van der Waals surface area (Å²) in [4.78, 5) is 119. The number of carbonyl (C=O) groups excluding carboxylic acids is 7. The average molecular weight is 899 g/mol. The normalized spacial score (nSPS) is 17.6. The molecule has 2 fully saturated rings. The number of carboxylic acid groups (broad SMARTS) is 1. The van der Waals surface area contributed by atoms with E-state index in [1.54, 1.807) is 38.1 Å². The molecule has 20 nitrogen and oxygen atoms in total. The standard InChI is InChI=1S/C44H66N8O12/c1-4-5-7-16-31(25-36(54)40(29(2)3)48-38(56)27-47-37(55)20-10-21-39(57)58)41(59)51-24-13-19-34(51)42(60)50-23-12-18-33(50)35(53)26-32(17-11-22-46-44(45)49-52(62)63)43(61)64-28-30-14-8-6-9-15-30/h6,8-9,14-15,29,31-34,40H,4-5,7,10-13,16-28H2,1-3H3,(H,47,55)(H,48,56)(H,57,58)(H3,45,46,49). The number of nitrogens with one attached hydrogen (secondary N) is 3. The third-order valence-corrected chi connectivity index (χ3v) is 11.5. The van der Waals surface area contributed by atoms with Gasteiger partial charge in [0.1, 0.15) is 17.8 Å². The van der Waals surface area contributed by atoms with Crippen LogP contribution in [0.1, 0.15) is 123 Å². The fourth-order valence-corrected chi connectivity index (χ4v) is 8.13. The molecule has 4 amide bonds. The lowest BCUT2D eigenvalue weighted by molar-refractivity contribution is -0.485. The Kier molecular flexibility index (Phi) is 22.3. The second-order valence-electron chi connectivity index (χ2n) is 16.8. The Morgan fingerprint density at radius 3 is 2.20 bits per heavy atom. The number of nitrogens with two attached hydrogens (primary N) is 1. The van der Waals surface area contributed by atoms with Crippen LogP contribution in [0.3, 0.4) is 0 Å². The summed E-state index contributed by atoms with van der Waals surface area (Å²) in [7, 11) is 0. The molecule has 5 atom stereocenters. The number of esters is 1. The van der Waals surface area contributed by atoms with Crippen molar-refractivity contribution in [3.8, 4) is 0 Å². The van der Waals surface area contributed by atoms with E-state index in [4.69, 9.17) is 15.6 Å². The summed E-state index contributed by atoms with van der Waals surface area (Å²) >= 11 is 0. The van der Waals surface area contributed by atoms with E-state index >= 15 is 0 Å². The number of likely N-dealkylation sites (tertiary alicyclic amines) is 2. The molecule has 2 saturated heterocycles. The molecular formula is C44H66N8O12. The average Bonchev–Trinajstić information content (AvgIpc) is 3.95. The van der Waals surface area contributed by atoms with Gasteiger partial charge in [-0.15, -0.1) is 0 Å². The minimum Gasteiger partial charge on any atom is -0.481 e. The zero-order valence-corrected chi connectivity index (χ0v) is 37.3. The van der Waals surface area contributed by atoms with E-state index in [1.165, 1.54) is 9.80 Å². The van der Waals surface area contributed by atoms with E-state index in [2.05, 4.69) is 21.1 Å². The molecule has 5 unspecified atom stereocenters. The molecule has 3 rings (SSSR count). The zero-order chi connectivity index (χ0) is 47.2. The van der Waals surface area contributed by atoms with Gasteiger partial charge in [0, 0.05) is 51.2 Å². The van der Waals surface area contributed by atoms with Gasteiger partial charge in [0.05, 0.1) is 24.5 Å². The molecule has 1 aromatic carbocycles. The lowest BCUT2D eigenvalue weighted by Crippen LogP contribution is -2.53. The Bertz CT molecular complexity index is 1810. The minimum atomic E-state index is -1.03. The first-order valence-corrected chi connectivity index (χ1v) is 22.4. The number of benzene rings is 1. The molecule has 0 spiro atoms. The molecule has 0 aromatic heterocycles. The second kappa shape index (κ2) is 27.3. The number of hydrogen-bond acceptors (Lipinski definition) is 11. The van der Waals surface area contributed by atoms with Crippen molar-refractivity contribution >= 4 is 53.1 Å². The first-order valence-electron chi connectivity index (χ1n) is 22.4. The second-order valence-corrected chi connectivity index (χ2v) is 16.8. The highest BCUT2D eigenvalue weighted by Crippen LogP contribution is 2.30. The molecule has 0 radical (unpaired) electrons. The van der Waals surface area contributed by atoms with Gasteiger partial charge in [-0.3, -0.25) is 38.4 Å². The molecule has 0 bridgehead atoms. The quantitative estimate of drug-likeness (QED) is 0.0202. The maximum Gasteiger partial charge on any atom is 0.309 e. The van der Waals surface area contributed by atoms with Gasteiger partial charge >= 0.3 is 11.9 Å². The molecule has 6 N–H and O–H groups in total. The van der Waals surface area contributed by atoms with Gasteiger partial charge in [0.2, 0.25) is 23.6 Å². The van der Waals surface area contributed by atoms with E-state index < -0.39 is 71.3 Å². The number of Topliss-reactive ketones (excluding diaryl/α,β-unsaturated/α-hetero) is 2. The van der Waals surface area contributed by atoms with Crippen LogP contribution in [0.4, 0.5) is 0 Å². The predicted molar refractivity (Wildman–Crippen MR) is 233 cm³/mol. The lowest BCUT2D eigenvalue weighted by Gasteiger charge is -2.33. The van der Waals surface area contributed by atoms with Crippen molar-refractivity contribution in [3.05, 3.63) is 46.0 Å². The van der Waals surface area contributed by atoms with Crippen LogP contribution in [-0.4, -0.2) is 117 Å². The van der Waals surface area contributed by atoms with Gasteiger partial charge in [0.15, 0.2) is 16.6 Å². The number of hydrogen-bond donors (Lipinski definition) is 5. The maximum absolute atomic E-state index is 14.4. The first kappa shape index (κ1) is 52.4. The first-order chi connectivity index (χ1) is 30.5. The lowest BCUT2D eigenvalue weighted by atomic mass is 9.88. The van der Waals surface area contributed by atoms with Gasteiger partial charge in [0.25, 0.3) is 5.96 Å². The number of guanidine groups is 1. The fourth-order valence-electron chi connectivity index (χ4n) is 8.13. The van der Waals surface area contributed by atoms with Crippen molar-refractivity contribution in [2.24, 2.45) is 28.6 Å². The highest BCUT2D eigenvalue weighted by Gasteiger charge is 2.44. The van der Waals surface area contributed by atoms with Crippen molar-refractivity contribution < 1.29 is 53.2 Å². The number of nitro groups is 1. The number of hydrazone groups is 1. The summed E-state index contributed by atoms with van der Waals surface area (Å²) in [5.74, 6) is -6.55. The molecule has 354 valence electrons. The summed E-state index contributed by atoms with van der Waals surface area (Å²) in [6.07, 6.45) is 4.48. The molecule has 2 aliphatic heterocycles. The molecule has 64 heavy (non-hydrogen) atoms. The molecule has 2 aliphatic rings. The Morgan fingerprint density at radius 2 is 1.55 bits per heavy atom. The van der Waals surface area contributed by atoms with Crippen LogP contribution < -0.4 is 21.7 Å². The predicted octanol–water partition coefficient (Wildman–Crippen LogP) is 2.83. The summed E-state index contributed by atoms with van der Waals surface area (Å²) in [5, 5.41) is 29.2. The van der Waals surface area contributed by atoms with Crippen molar-refractivity contribution in [3.63, 3.8) is 0 Å². The summed E-state index contributed by atoms with van der Waals surface area (Å²) < 4.78 is 5.60. The largest absolute Gasteiger partial charge is 0.481 e. The van der Waals surface area contributed by atoms with E-state index in [-0.39, 0.29) is 94.1 Å². The Balaban J connectivity index is 1.71. The number of aliphatic carboxylic acids is 1. The van der Waals surface area contributed by atoms with Gasteiger partial charge in [-0.2, -0.15) is 0 Å².